The summed E-state index contributed by atoms with van der Waals surface area (Å²) in [5, 5.41) is 14.1. The lowest BCUT2D eigenvalue weighted by molar-refractivity contribution is -0.383. The molecule has 2 heterocycles. The Balaban J connectivity index is 1.73. The molecule has 7 heteroatoms. The second-order valence-corrected chi connectivity index (χ2v) is 5.55. The Bertz CT molecular complexity index is 655. The molecule has 21 heavy (non-hydrogen) atoms. The van der Waals surface area contributed by atoms with Gasteiger partial charge in [-0.2, -0.15) is 4.98 Å². The lowest BCUT2D eigenvalue weighted by atomic mass is 9.99. The summed E-state index contributed by atoms with van der Waals surface area (Å²) in [5.41, 5.74) is 0.708. The van der Waals surface area contributed by atoms with Crippen molar-refractivity contribution in [3.63, 3.8) is 0 Å². The van der Waals surface area contributed by atoms with Crippen LogP contribution in [0.25, 0.3) is 11.1 Å². The molecular formula is C14H18N4O3. The van der Waals surface area contributed by atoms with Crippen LogP contribution in [0, 0.1) is 16.0 Å². The number of aromatic nitrogens is 1. The molecule has 1 aromatic heterocycles. The average molecular weight is 290 g/mol. The van der Waals surface area contributed by atoms with Crippen LogP contribution in [-0.4, -0.2) is 41.5 Å². The first-order chi connectivity index (χ1) is 10.1. The van der Waals surface area contributed by atoms with Crippen molar-refractivity contribution in [2.45, 2.75) is 12.8 Å². The molecule has 2 aromatic rings. The van der Waals surface area contributed by atoms with Gasteiger partial charge in [-0.3, -0.25) is 10.1 Å². The average Bonchev–Trinajstić information content (AvgIpc) is 2.87. The molecule has 0 amide bonds. The van der Waals surface area contributed by atoms with Gasteiger partial charge in [-0.25, -0.2) is 0 Å². The number of likely N-dealkylation sites (tertiary alicyclic amines) is 1. The molecule has 1 aliphatic heterocycles. The van der Waals surface area contributed by atoms with Crippen LogP contribution in [0.5, 0.6) is 0 Å². The van der Waals surface area contributed by atoms with Crippen molar-refractivity contribution < 1.29 is 9.34 Å². The molecule has 3 rings (SSSR count). The highest BCUT2D eigenvalue weighted by Crippen LogP contribution is 2.27. The molecule has 0 spiro atoms. The molecule has 1 saturated heterocycles. The fourth-order valence-electron chi connectivity index (χ4n) is 2.83. The number of rotatable bonds is 4. The van der Waals surface area contributed by atoms with Crippen LogP contribution >= 0.6 is 0 Å². The third kappa shape index (κ3) is 2.97. The van der Waals surface area contributed by atoms with E-state index in [4.69, 9.17) is 4.42 Å². The van der Waals surface area contributed by atoms with Gasteiger partial charge in [0.2, 0.25) is 0 Å². The van der Waals surface area contributed by atoms with Crippen LogP contribution in [0.2, 0.25) is 0 Å². The van der Waals surface area contributed by atoms with E-state index in [1.807, 2.05) is 0 Å². The van der Waals surface area contributed by atoms with Gasteiger partial charge in [0.1, 0.15) is 0 Å². The number of hydrogen-bond donors (Lipinski definition) is 1. The largest absolute Gasteiger partial charge is 0.423 e. The van der Waals surface area contributed by atoms with E-state index in [-0.39, 0.29) is 5.69 Å². The first-order valence-electron chi connectivity index (χ1n) is 7.10. The zero-order valence-electron chi connectivity index (χ0n) is 11.9. The predicted molar refractivity (Wildman–Crippen MR) is 79.4 cm³/mol. The van der Waals surface area contributed by atoms with Gasteiger partial charge in [0, 0.05) is 19.2 Å². The first kappa shape index (κ1) is 13.8. The molecule has 112 valence electrons. The zero-order valence-corrected chi connectivity index (χ0v) is 11.9. The monoisotopic (exact) mass is 290 g/mol. The molecular weight excluding hydrogens is 272 g/mol. The zero-order chi connectivity index (χ0) is 14.8. The summed E-state index contributed by atoms with van der Waals surface area (Å²) in [7, 11) is 2.12. The van der Waals surface area contributed by atoms with Crippen LogP contribution < -0.4 is 5.32 Å². The van der Waals surface area contributed by atoms with Gasteiger partial charge in [0.15, 0.2) is 11.1 Å². The number of piperidine rings is 1. The van der Waals surface area contributed by atoms with Crippen molar-refractivity contribution in [2.24, 2.45) is 5.92 Å². The topological polar surface area (TPSA) is 84.4 Å². The lowest BCUT2D eigenvalue weighted by Gasteiger charge is -2.29. The third-order valence-corrected chi connectivity index (χ3v) is 3.86. The Morgan fingerprint density at radius 2 is 2.43 bits per heavy atom. The molecule has 0 radical (unpaired) electrons. The minimum absolute atomic E-state index is 0.0262. The number of nitro benzene ring substituents is 1. The fourth-order valence-corrected chi connectivity index (χ4v) is 2.83. The van der Waals surface area contributed by atoms with Crippen LogP contribution in [-0.2, 0) is 0 Å². The van der Waals surface area contributed by atoms with Crippen molar-refractivity contribution in [3.05, 3.63) is 28.3 Å². The van der Waals surface area contributed by atoms with Gasteiger partial charge in [0.05, 0.1) is 4.92 Å². The van der Waals surface area contributed by atoms with Crippen LogP contribution in [0.3, 0.4) is 0 Å². The Hall–Kier alpha value is -2.15. The summed E-state index contributed by atoms with van der Waals surface area (Å²) < 4.78 is 5.54. The van der Waals surface area contributed by atoms with Gasteiger partial charge >= 0.3 is 0 Å². The van der Waals surface area contributed by atoms with E-state index < -0.39 is 4.92 Å². The number of fused-ring (bicyclic) bond motifs is 1. The van der Waals surface area contributed by atoms with E-state index in [9.17, 15) is 10.1 Å². The number of hydrogen-bond acceptors (Lipinski definition) is 6. The summed E-state index contributed by atoms with van der Waals surface area (Å²) in [5.74, 6) is 0.550. The van der Waals surface area contributed by atoms with Crippen molar-refractivity contribution in [1.29, 1.82) is 0 Å². The molecule has 0 bridgehead atoms. The van der Waals surface area contributed by atoms with Crippen molar-refractivity contribution in [3.8, 4) is 0 Å². The van der Waals surface area contributed by atoms with Gasteiger partial charge < -0.3 is 14.6 Å². The van der Waals surface area contributed by atoms with Gasteiger partial charge in [0.25, 0.3) is 11.7 Å². The number of nitro groups is 1. The molecule has 7 nitrogen and oxygen atoms in total. The van der Waals surface area contributed by atoms with Crippen molar-refractivity contribution in [1.82, 2.24) is 9.88 Å². The van der Waals surface area contributed by atoms with E-state index in [0.717, 1.165) is 19.6 Å². The number of oxazole rings is 1. The predicted octanol–water partition coefficient (Wildman–Crippen LogP) is 2.49. The Morgan fingerprint density at radius 3 is 3.19 bits per heavy atom. The highest BCUT2D eigenvalue weighted by molar-refractivity contribution is 5.83. The maximum atomic E-state index is 11.0. The maximum absolute atomic E-state index is 11.0. The van der Waals surface area contributed by atoms with Crippen LogP contribution in [0.4, 0.5) is 11.7 Å². The summed E-state index contributed by atoms with van der Waals surface area (Å²) in [6.07, 6.45) is 2.37. The van der Waals surface area contributed by atoms with Crippen molar-refractivity contribution >= 4 is 22.8 Å². The molecule has 0 saturated carbocycles. The van der Waals surface area contributed by atoms with E-state index in [0.29, 0.717) is 23.0 Å². The highest BCUT2D eigenvalue weighted by atomic mass is 16.6. The second-order valence-electron chi connectivity index (χ2n) is 5.55. The fraction of sp³-hybridized carbons (Fsp3) is 0.500. The summed E-state index contributed by atoms with van der Waals surface area (Å²) in [4.78, 5) is 17.0. The van der Waals surface area contributed by atoms with Crippen molar-refractivity contribution in [2.75, 3.05) is 32.0 Å². The minimum Gasteiger partial charge on any atom is -0.423 e. The normalized spacial score (nSPS) is 19.8. The minimum atomic E-state index is -0.440. The number of nitrogens with zero attached hydrogens (tertiary/aromatic N) is 3. The molecule has 1 aromatic carbocycles. The first-order valence-corrected chi connectivity index (χ1v) is 7.10. The van der Waals surface area contributed by atoms with E-state index >= 15 is 0 Å². The molecule has 1 aliphatic rings. The number of nitrogens with one attached hydrogen (secondary N) is 1. The molecule has 1 fully saturated rings. The van der Waals surface area contributed by atoms with Gasteiger partial charge in [-0.05, 0) is 38.4 Å². The number of non-ortho nitro benzene ring substituents is 1. The number of para-hydroxylation sites is 1. The van der Waals surface area contributed by atoms with Gasteiger partial charge in [-0.1, -0.05) is 6.07 Å². The van der Waals surface area contributed by atoms with E-state index in [1.54, 1.807) is 12.1 Å². The summed E-state index contributed by atoms with van der Waals surface area (Å²) in [6.45, 7) is 2.96. The standard InChI is InChI=1S/C14H18N4O3/c1-17-7-3-4-10(9-17)8-15-14-16-13-11(18(19)20)5-2-6-12(13)21-14/h2,5-6,10H,3-4,7-9H2,1H3,(H,15,16). The van der Waals surface area contributed by atoms with Crippen LogP contribution in [0.15, 0.2) is 22.6 Å². The number of benzene rings is 1. The Labute approximate surface area is 122 Å². The second kappa shape index (κ2) is 5.69. The van der Waals surface area contributed by atoms with Crippen LogP contribution in [0.1, 0.15) is 12.8 Å². The molecule has 1 atom stereocenters. The molecule has 1 N–H and O–H groups in total. The van der Waals surface area contributed by atoms with E-state index in [1.165, 1.54) is 18.9 Å². The highest BCUT2D eigenvalue weighted by Gasteiger charge is 2.20. The molecule has 0 aliphatic carbocycles. The lowest BCUT2D eigenvalue weighted by Crippen LogP contribution is -2.35. The SMILES string of the molecule is CN1CCCC(CNc2nc3c([N+](=O)[O-])cccc3o2)C1. The Kier molecular flexibility index (Phi) is 3.74. The smallest absolute Gasteiger partial charge is 0.298 e. The molecule has 1 unspecified atom stereocenters. The quantitative estimate of drug-likeness (QED) is 0.688. The summed E-state index contributed by atoms with van der Waals surface area (Å²) in [6, 6.07) is 5.08. The Morgan fingerprint density at radius 1 is 1.57 bits per heavy atom. The number of anilines is 1. The van der Waals surface area contributed by atoms with Gasteiger partial charge in [-0.15, -0.1) is 0 Å². The van der Waals surface area contributed by atoms with E-state index in [2.05, 4.69) is 22.2 Å². The third-order valence-electron chi connectivity index (χ3n) is 3.86. The summed E-state index contributed by atoms with van der Waals surface area (Å²) >= 11 is 0. The maximum Gasteiger partial charge on any atom is 0.298 e.